The van der Waals surface area contributed by atoms with Gasteiger partial charge >= 0.3 is 0 Å². The molecule has 6 heteroatoms. The van der Waals surface area contributed by atoms with E-state index in [-0.39, 0.29) is 11.5 Å². The first-order valence-electron chi connectivity index (χ1n) is 7.90. The van der Waals surface area contributed by atoms with Crippen LogP contribution in [0.4, 0.5) is 5.82 Å². The highest BCUT2D eigenvalue weighted by Gasteiger charge is 2.17. The number of para-hydroxylation sites is 1. The molecule has 4 aromatic rings. The molecule has 2 N–H and O–H groups in total. The van der Waals surface area contributed by atoms with Gasteiger partial charge in [-0.15, -0.1) is 0 Å². The first-order chi connectivity index (χ1) is 12.0. The summed E-state index contributed by atoms with van der Waals surface area (Å²) in [6.07, 6.45) is 0. The first-order valence-corrected chi connectivity index (χ1v) is 7.90. The van der Waals surface area contributed by atoms with Crippen molar-refractivity contribution in [1.29, 1.82) is 0 Å². The third-order valence-electron chi connectivity index (χ3n) is 4.27. The second-order valence-electron chi connectivity index (χ2n) is 5.97. The molecule has 0 fully saturated rings. The number of aromatic nitrogens is 3. The van der Waals surface area contributed by atoms with Gasteiger partial charge in [-0.1, -0.05) is 24.3 Å². The number of carbonyl (C=O) groups is 1. The monoisotopic (exact) mass is 332 g/mol. The van der Waals surface area contributed by atoms with Crippen LogP contribution in [0, 0.1) is 6.92 Å². The van der Waals surface area contributed by atoms with Crippen LogP contribution in [-0.2, 0) is 7.05 Å². The lowest BCUT2D eigenvalue weighted by Gasteiger charge is -2.07. The molecular weight excluding hydrogens is 316 g/mol. The minimum atomic E-state index is -0.305. The predicted octanol–water partition coefficient (Wildman–Crippen LogP) is 2.98. The van der Waals surface area contributed by atoms with Gasteiger partial charge in [0.25, 0.3) is 11.5 Å². The van der Waals surface area contributed by atoms with Crippen molar-refractivity contribution in [2.75, 3.05) is 5.32 Å². The number of aryl methyl sites for hydroxylation is 2. The van der Waals surface area contributed by atoms with Crippen LogP contribution in [0.1, 0.15) is 16.2 Å². The SMILES string of the molecule is Cc1cccc(NC(=O)c2cc3c(=O)[nH]c4ccccc4c3n2C)n1. The van der Waals surface area contributed by atoms with Crippen LogP contribution in [-0.4, -0.2) is 20.4 Å². The molecule has 0 aliphatic carbocycles. The van der Waals surface area contributed by atoms with E-state index < -0.39 is 0 Å². The van der Waals surface area contributed by atoms with E-state index in [1.807, 2.05) is 43.3 Å². The number of nitrogens with one attached hydrogen (secondary N) is 2. The summed E-state index contributed by atoms with van der Waals surface area (Å²) in [5, 5.41) is 4.17. The molecule has 0 unspecified atom stereocenters. The van der Waals surface area contributed by atoms with Gasteiger partial charge in [0, 0.05) is 18.1 Å². The summed E-state index contributed by atoms with van der Waals surface area (Å²) in [6.45, 7) is 1.86. The molecule has 0 spiro atoms. The number of carbonyl (C=O) groups excluding carboxylic acids is 1. The Labute approximate surface area is 143 Å². The van der Waals surface area contributed by atoms with Gasteiger partial charge in [0.1, 0.15) is 11.5 Å². The summed E-state index contributed by atoms with van der Waals surface area (Å²) < 4.78 is 1.75. The summed E-state index contributed by atoms with van der Waals surface area (Å²) >= 11 is 0. The van der Waals surface area contributed by atoms with Crippen molar-refractivity contribution in [2.45, 2.75) is 6.92 Å². The highest BCUT2D eigenvalue weighted by molar-refractivity contribution is 6.10. The molecule has 124 valence electrons. The van der Waals surface area contributed by atoms with E-state index in [1.165, 1.54) is 0 Å². The summed E-state index contributed by atoms with van der Waals surface area (Å²) in [5.41, 5.74) is 2.49. The summed E-state index contributed by atoms with van der Waals surface area (Å²) in [6, 6.07) is 14.6. The molecule has 0 bridgehead atoms. The van der Waals surface area contributed by atoms with Crippen LogP contribution in [0.3, 0.4) is 0 Å². The fraction of sp³-hybridized carbons (Fsp3) is 0.105. The van der Waals surface area contributed by atoms with E-state index in [1.54, 1.807) is 23.7 Å². The number of hydrogen-bond acceptors (Lipinski definition) is 3. The van der Waals surface area contributed by atoms with E-state index in [0.717, 1.165) is 22.1 Å². The fourth-order valence-corrected chi connectivity index (χ4v) is 3.10. The van der Waals surface area contributed by atoms with Crippen molar-refractivity contribution in [3.63, 3.8) is 0 Å². The van der Waals surface area contributed by atoms with Gasteiger partial charge in [-0.25, -0.2) is 4.98 Å². The van der Waals surface area contributed by atoms with Crippen LogP contribution in [0.15, 0.2) is 53.3 Å². The smallest absolute Gasteiger partial charge is 0.273 e. The predicted molar refractivity (Wildman–Crippen MR) is 98.0 cm³/mol. The largest absolute Gasteiger partial charge is 0.339 e. The first kappa shape index (κ1) is 15.1. The average Bonchev–Trinajstić information content (AvgIpc) is 2.94. The number of pyridine rings is 2. The van der Waals surface area contributed by atoms with E-state index in [4.69, 9.17) is 0 Å². The van der Waals surface area contributed by atoms with Gasteiger partial charge in [-0.2, -0.15) is 0 Å². The minimum absolute atomic E-state index is 0.211. The Morgan fingerprint density at radius 2 is 1.92 bits per heavy atom. The lowest BCUT2D eigenvalue weighted by atomic mass is 10.1. The Bertz CT molecular complexity index is 1190. The topological polar surface area (TPSA) is 79.8 Å². The molecule has 0 aliphatic heterocycles. The number of rotatable bonds is 2. The number of fused-ring (bicyclic) bond motifs is 3. The number of amides is 1. The van der Waals surface area contributed by atoms with Crippen molar-refractivity contribution < 1.29 is 4.79 Å². The highest BCUT2D eigenvalue weighted by Crippen LogP contribution is 2.24. The molecular formula is C19H16N4O2. The molecule has 3 aromatic heterocycles. The van der Waals surface area contributed by atoms with Crippen molar-refractivity contribution in [3.8, 4) is 0 Å². The molecule has 25 heavy (non-hydrogen) atoms. The zero-order valence-corrected chi connectivity index (χ0v) is 13.8. The molecule has 3 heterocycles. The number of benzene rings is 1. The third kappa shape index (κ3) is 2.48. The van der Waals surface area contributed by atoms with Crippen molar-refractivity contribution in [1.82, 2.24) is 14.5 Å². The van der Waals surface area contributed by atoms with Crippen LogP contribution in [0.2, 0.25) is 0 Å². The quantitative estimate of drug-likeness (QED) is 0.592. The fourth-order valence-electron chi connectivity index (χ4n) is 3.10. The number of H-pyrrole nitrogens is 1. The molecule has 0 saturated heterocycles. The highest BCUT2D eigenvalue weighted by atomic mass is 16.2. The maximum Gasteiger partial charge on any atom is 0.273 e. The lowest BCUT2D eigenvalue weighted by molar-refractivity contribution is 0.101. The normalized spacial score (nSPS) is 11.1. The molecule has 1 amide bonds. The van der Waals surface area contributed by atoms with Crippen LogP contribution >= 0.6 is 0 Å². The molecule has 6 nitrogen and oxygen atoms in total. The van der Waals surface area contributed by atoms with E-state index in [0.29, 0.717) is 16.9 Å². The Balaban J connectivity index is 1.87. The molecule has 0 atom stereocenters. The molecule has 0 radical (unpaired) electrons. The zero-order chi connectivity index (χ0) is 17.6. The third-order valence-corrected chi connectivity index (χ3v) is 4.27. The molecule has 4 rings (SSSR count). The molecule has 0 saturated carbocycles. The number of aromatic amines is 1. The van der Waals surface area contributed by atoms with Crippen molar-refractivity contribution >= 4 is 33.5 Å². The number of hydrogen-bond donors (Lipinski definition) is 2. The van der Waals surface area contributed by atoms with Gasteiger partial charge in [-0.05, 0) is 31.2 Å². The minimum Gasteiger partial charge on any atom is -0.339 e. The molecule has 0 aliphatic rings. The van der Waals surface area contributed by atoms with Gasteiger partial charge < -0.3 is 14.9 Å². The van der Waals surface area contributed by atoms with Crippen LogP contribution in [0.25, 0.3) is 21.8 Å². The number of anilines is 1. The Morgan fingerprint density at radius 3 is 2.72 bits per heavy atom. The van der Waals surface area contributed by atoms with Crippen molar-refractivity contribution in [2.24, 2.45) is 7.05 Å². The zero-order valence-electron chi connectivity index (χ0n) is 13.8. The van der Waals surface area contributed by atoms with E-state index in [9.17, 15) is 9.59 Å². The van der Waals surface area contributed by atoms with Gasteiger partial charge in [0.15, 0.2) is 0 Å². The summed E-state index contributed by atoms with van der Waals surface area (Å²) in [4.78, 5) is 32.2. The Hall–Kier alpha value is -3.41. The average molecular weight is 332 g/mol. The Kier molecular flexibility index (Phi) is 3.39. The van der Waals surface area contributed by atoms with Gasteiger partial charge in [0.05, 0.1) is 16.4 Å². The summed E-state index contributed by atoms with van der Waals surface area (Å²) in [5.74, 6) is 0.175. The second-order valence-corrected chi connectivity index (χ2v) is 5.97. The van der Waals surface area contributed by atoms with Crippen LogP contribution < -0.4 is 10.9 Å². The maximum atomic E-state index is 12.7. The van der Waals surface area contributed by atoms with E-state index >= 15 is 0 Å². The van der Waals surface area contributed by atoms with Gasteiger partial charge in [0.2, 0.25) is 0 Å². The van der Waals surface area contributed by atoms with Crippen LogP contribution in [0.5, 0.6) is 0 Å². The molecule has 1 aromatic carbocycles. The Morgan fingerprint density at radius 1 is 1.12 bits per heavy atom. The second kappa shape index (κ2) is 5.59. The summed E-state index contributed by atoms with van der Waals surface area (Å²) in [7, 11) is 1.78. The van der Waals surface area contributed by atoms with E-state index in [2.05, 4.69) is 15.3 Å². The van der Waals surface area contributed by atoms with Gasteiger partial charge in [-0.3, -0.25) is 9.59 Å². The standard InChI is InChI=1S/C19H16N4O2/c1-11-6-5-9-16(20-11)22-19(25)15-10-13-17(23(15)2)12-7-3-4-8-14(12)21-18(13)24/h3-10H,1-2H3,(H,21,24)(H,20,22,25). The lowest BCUT2D eigenvalue weighted by Crippen LogP contribution is -2.16. The van der Waals surface area contributed by atoms with Crippen molar-refractivity contribution in [3.05, 3.63) is 70.3 Å². The number of nitrogens with zero attached hydrogens (tertiary/aromatic N) is 2. The maximum absolute atomic E-state index is 12.7.